The van der Waals surface area contributed by atoms with E-state index in [1.54, 1.807) is 6.07 Å². The zero-order valence-corrected chi connectivity index (χ0v) is 11.1. The molecule has 0 aliphatic carbocycles. The van der Waals surface area contributed by atoms with Gasteiger partial charge >= 0.3 is 12.0 Å². The van der Waals surface area contributed by atoms with Crippen LogP contribution in [-0.4, -0.2) is 55.0 Å². The molecule has 0 aromatic heterocycles. The summed E-state index contributed by atoms with van der Waals surface area (Å²) in [7, 11) is 1.93. The number of fused-ring (bicyclic) bond motifs is 1. The molecule has 1 aromatic rings. The Kier molecular flexibility index (Phi) is 4.09. The predicted octanol–water partition coefficient (Wildman–Crippen LogP) is 0.0979. The van der Waals surface area contributed by atoms with Crippen LogP contribution in [0, 0.1) is 0 Å². The van der Waals surface area contributed by atoms with Crippen molar-refractivity contribution >= 4 is 23.4 Å². The Bertz CT molecular complexity index is 520. The summed E-state index contributed by atoms with van der Waals surface area (Å²) in [4.78, 5) is 26.5. The highest BCUT2D eigenvalue weighted by atomic mass is 16.4. The highest BCUT2D eigenvalue weighted by molar-refractivity contribution is 5.98. The highest BCUT2D eigenvalue weighted by Crippen LogP contribution is 2.31. The minimum absolute atomic E-state index is 0.455. The molecular weight excluding hydrogens is 262 g/mol. The van der Waals surface area contributed by atoms with Crippen LogP contribution in [-0.2, 0) is 4.79 Å². The number of carbonyl (C=O) groups excluding carboxylic acids is 1. The number of carboxylic acid groups (broad SMARTS) is 1. The van der Waals surface area contributed by atoms with Gasteiger partial charge in [0.2, 0.25) is 0 Å². The van der Waals surface area contributed by atoms with Crippen LogP contribution in [0.1, 0.15) is 0 Å². The molecule has 3 N–H and O–H groups in total. The molecule has 0 saturated heterocycles. The number of aliphatic hydroxyl groups is 1. The molecule has 0 saturated carbocycles. The smallest absolute Gasteiger partial charge is 0.328 e. The lowest BCUT2D eigenvalue weighted by Crippen LogP contribution is -2.52. The normalized spacial score (nSPS) is 15.5. The number of hydrogen-bond acceptors (Lipinski definition) is 4. The van der Waals surface area contributed by atoms with Gasteiger partial charge in [0.15, 0.2) is 6.04 Å². The Morgan fingerprint density at radius 3 is 2.55 bits per heavy atom. The van der Waals surface area contributed by atoms with Crippen molar-refractivity contribution < 1.29 is 19.8 Å². The number of aliphatic hydroxyl groups excluding tert-OH is 1. The summed E-state index contributed by atoms with van der Waals surface area (Å²) in [5, 5.41) is 20.1. The van der Waals surface area contributed by atoms with E-state index in [-0.39, 0.29) is 0 Å². The molecule has 1 unspecified atom stereocenters. The molecule has 1 aliphatic rings. The van der Waals surface area contributed by atoms with Crippen LogP contribution in [0.4, 0.5) is 16.2 Å². The SMILES string of the molecule is CN1CCN(C(=O)NC(CO)C(=O)O)c2ccccc21. The highest BCUT2D eigenvalue weighted by Gasteiger charge is 2.27. The number of urea groups is 1. The molecule has 2 amide bonds. The lowest BCUT2D eigenvalue weighted by molar-refractivity contribution is -0.140. The summed E-state index contributed by atoms with van der Waals surface area (Å²) in [6.45, 7) is 0.467. The number of aliphatic carboxylic acids is 1. The first kappa shape index (κ1) is 14.1. The van der Waals surface area contributed by atoms with Crippen molar-refractivity contribution in [2.24, 2.45) is 0 Å². The van der Waals surface area contributed by atoms with Crippen LogP contribution in [0.3, 0.4) is 0 Å². The number of hydrogen-bond donors (Lipinski definition) is 3. The van der Waals surface area contributed by atoms with E-state index >= 15 is 0 Å². The van der Waals surface area contributed by atoms with Crippen LogP contribution in [0.25, 0.3) is 0 Å². The number of nitrogens with zero attached hydrogens (tertiary/aromatic N) is 2. The molecule has 7 heteroatoms. The zero-order valence-electron chi connectivity index (χ0n) is 11.1. The number of carbonyl (C=O) groups is 2. The van der Waals surface area contributed by atoms with Gasteiger partial charge in [-0.3, -0.25) is 4.90 Å². The maximum absolute atomic E-state index is 12.2. The molecule has 0 spiro atoms. The van der Waals surface area contributed by atoms with Gasteiger partial charge in [-0.05, 0) is 12.1 Å². The number of anilines is 2. The van der Waals surface area contributed by atoms with Crippen molar-refractivity contribution in [3.05, 3.63) is 24.3 Å². The molecule has 0 radical (unpaired) electrons. The van der Waals surface area contributed by atoms with Gasteiger partial charge in [-0.25, -0.2) is 9.59 Å². The Morgan fingerprint density at radius 2 is 1.95 bits per heavy atom. The van der Waals surface area contributed by atoms with E-state index in [2.05, 4.69) is 5.32 Å². The van der Waals surface area contributed by atoms with Crippen molar-refractivity contribution in [3.63, 3.8) is 0 Å². The molecule has 1 aliphatic heterocycles. The summed E-state index contributed by atoms with van der Waals surface area (Å²) < 4.78 is 0. The Balaban J connectivity index is 2.19. The third-order valence-corrected chi connectivity index (χ3v) is 3.27. The summed E-state index contributed by atoms with van der Waals surface area (Å²) in [5.41, 5.74) is 1.63. The Morgan fingerprint density at radius 1 is 1.30 bits per heavy atom. The third-order valence-electron chi connectivity index (χ3n) is 3.27. The fourth-order valence-electron chi connectivity index (χ4n) is 2.13. The summed E-state index contributed by atoms with van der Waals surface area (Å²) >= 11 is 0. The van der Waals surface area contributed by atoms with E-state index in [1.165, 1.54) is 4.90 Å². The van der Waals surface area contributed by atoms with Crippen molar-refractivity contribution in [1.29, 1.82) is 0 Å². The first-order chi connectivity index (χ1) is 9.54. The topological polar surface area (TPSA) is 93.1 Å². The van der Waals surface area contributed by atoms with Crippen LogP contribution in [0.2, 0.25) is 0 Å². The van der Waals surface area contributed by atoms with Crippen molar-refractivity contribution in [2.75, 3.05) is 36.5 Å². The van der Waals surface area contributed by atoms with Gasteiger partial charge in [0, 0.05) is 20.1 Å². The average molecular weight is 279 g/mol. The fraction of sp³-hybridized carbons (Fsp3) is 0.385. The molecule has 2 rings (SSSR count). The van der Waals surface area contributed by atoms with E-state index in [1.807, 2.05) is 30.1 Å². The number of benzene rings is 1. The van der Waals surface area contributed by atoms with Gasteiger partial charge in [-0.15, -0.1) is 0 Å². The summed E-state index contributed by atoms with van der Waals surface area (Å²) in [6.07, 6.45) is 0. The molecule has 20 heavy (non-hydrogen) atoms. The van der Waals surface area contributed by atoms with Gasteiger partial charge in [-0.1, -0.05) is 12.1 Å². The molecule has 108 valence electrons. The maximum atomic E-state index is 12.2. The van der Waals surface area contributed by atoms with Crippen LogP contribution in [0.15, 0.2) is 24.3 Å². The first-order valence-corrected chi connectivity index (χ1v) is 6.26. The van der Waals surface area contributed by atoms with E-state index in [4.69, 9.17) is 10.2 Å². The molecule has 0 fully saturated rings. The van der Waals surface area contributed by atoms with Crippen LogP contribution in [0.5, 0.6) is 0 Å². The standard InChI is InChI=1S/C13H17N3O4/c1-15-6-7-16(11-5-3-2-4-10(11)15)13(20)14-9(8-17)12(18)19/h2-5,9,17H,6-8H2,1H3,(H,14,20)(H,18,19). The van der Waals surface area contributed by atoms with Crippen LogP contribution < -0.4 is 15.1 Å². The van der Waals surface area contributed by atoms with E-state index in [0.29, 0.717) is 13.1 Å². The van der Waals surface area contributed by atoms with Gasteiger partial charge < -0.3 is 20.4 Å². The second-order valence-electron chi connectivity index (χ2n) is 4.58. The van der Waals surface area contributed by atoms with E-state index in [9.17, 15) is 9.59 Å². The van der Waals surface area contributed by atoms with Crippen molar-refractivity contribution in [2.45, 2.75) is 6.04 Å². The largest absolute Gasteiger partial charge is 0.480 e. The Hall–Kier alpha value is -2.28. The van der Waals surface area contributed by atoms with E-state index < -0.39 is 24.6 Å². The first-order valence-electron chi connectivity index (χ1n) is 6.26. The number of likely N-dealkylation sites (N-methyl/N-ethyl adjacent to an activating group) is 1. The third kappa shape index (κ3) is 2.67. The summed E-state index contributed by atoms with van der Waals surface area (Å²) in [6, 6.07) is 5.58. The molecular formula is C13H17N3O4. The van der Waals surface area contributed by atoms with Gasteiger partial charge in [-0.2, -0.15) is 0 Å². The molecule has 7 nitrogen and oxygen atoms in total. The minimum Gasteiger partial charge on any atom is -0.480 e. The second-order valence-corrected chi connectivity index (χ2v) is 4.58. The van der Waals surface area contributed by atoms with E-state index in [0.717, 1.165) is 11.4 Å². The summed E-state index contributed by atoms with van der Waals surface area (Å²) in [5.74, 6) is -1.26. The quantitative estimate of drug-likeness (QED) is 0.729. The number of amides is 2. The molecule has 1 heterocycles. The van der Waals surface area contributed by atoms with Crippen LogP contribution >= 0.6 is 0 Å². The average Bonchev–Trinajstić information content (AvgIpc) is 2.45. The monoisotopic (exact) mass is 279 g/mol. The minimum atomic E-state index is -1.30. The molecule has 1 aromatic carbocycles. The lowest BCUT2D eigenvalue weighted by atomic mass is 10.2. The lowest BCUT2D eigenvalue weighted by Gasteiger charge is -2.35. The number of rotatable bonds is 3. The zero-order chi connectivity index (χ0) is 14.7. The molecule has 0 bridgehead atoms. The second kappa shape index (κ2) is 5.79. The van der Waals surface area contributed by atoms with Gasteiger partial charge in [0.05, 0.1) is 18.0 Å². The van der Waals surface area contributed by atoms with Crippen molar-refractivity contribution in [1.82, 2.24) is 5.32 Å². The van der Waals surface area contributed by atoms with Gasteiger partial charge in [0.1, 0.15) is 0 Å². The Labute approximate surface area is 116 Å². The number of nitrogens with one attached hydrogen (secondary N) is 1. The van der Waals surface area contributed by atoms with Crippen molar-refractivity contribution in [3.8, 4) is 0 Å². The predicted molar refractivity (Wildman–Crippen MR) is 74.1 cm³/mol. The maximum Gasteiger partial charge on any atom is 0.328 e. The van der Waals surface area contributed by atoms with Gasteiger partial charge in [0.25, 0.3) is 0 Å². The number of para-hydroxylation sites is 2. The molecule has 1 atom stereocenters. The number of carboxylic acids is 1. The fourth-order valence-corrected chi connectivity index (χ4v) is 2.13.